The lowest BCUT2D eigenvalue weighted by Crippen LogP contribution is -2.23. The van der Waals surface area contributed by atoms with Crippen LogP contribution in [-0.2, 0) is 4.79 Å². The molecule has 0 unspecified atom stereocenters. The van der Waals surface area contributed by atoms with Crippen molar-refractivity contribution in [3.05, 3.63) is 23.9 Å². The summed E-state index contributed by atoms with van der Waals surface area (Å²) in [5, 5.41) is 0. The summed E-state index contributed by atoms with van der Waals surface area (Å²) in [5.41, 5.74) is 5.05. The maximum atomic E-state index is 11.1. The molecule has 5 nitrogen and oxygen atoms in total. The van der Waals surface area contributed by atoms with Gasteiger partial charge in [-0.05, 0) is 12.1 Å². The summed E-state index contributed by atoms with van der Waals surface area (Å²) >= 11 is 0. The van der Waals surface area contributed by atoms with E-state index in [-0.39, 0.29) is 5.56 Å². The lowest BCUT2D eigenvalue weighted by molar-refractivity contribution is -0.114. The van der Waals surface area contributed by atoms with Crippen LogP contribution < -0.4 is 10.6 Å². The Balaban J connectivity index is 2.94. The minimum atomic E-state index is -0.968. The number of hydrogen-bond acceptors (Lipinski definition) is 4. The lowest BCUT2D eigenvalue weighted by Gasteiger charge is -2.10. The van der Waals surface area contributed by atoms with Gasteiger partial charge in [0, 0.05) is 25.9 Å². The van der Waals surface area contributed by atoms with Gasteiger partial charge in [-0.2, -0.15) is 0 Å². The van der Waals surface area contributed by atoms with E-state index >= 15 is 0 Å². The van der Waals surface area contributed by atoms with E-state index in [9.17, 15) is 9.59 Å². The molecule has 0 radical (unpaired) electrons. The van der Waals surface area contributed by atoms with Crippen LogP contribution >= 0.6 is 0 Å². The molecule has 1 amide bonds. The Bertz CT molecular complexity index is 357. The first-order valence-corrected chi connectivity index (χ1v) is 4.00. The molecule has 14 heavy (non-hydrogen) atoms. The van der Waals surface area contributed by atoms with Gasteiger partial charge < -0.3 is 10.6 Å². The minimum Gasteiger partial charge on any atom is -0.363 e. The van der Waals surface area contributed by atoms with Crippen LogP contribution in [0.15, 0.2) is 18.3 Å². The number of nitrogens with zero attached hydrogens (tertiary/aromatic N) is 2. The number of ketones is 1. The summed E-state index contributed by atoms with van der Waals surface area (Å²) in [6, 6.07) is 3.17. The van der Waals surface area contributed by atoms with E-state index in [0.717, 1.165) is 0 Å². The van der Waals surface area contributed by atoms with Gasteiger partial charge in [0.15, 0.2) is 0 Å². The largest absolute Gasteiger partial charge is 0.363 e. The van der Waals surface area contributed by atoms with Crippen LogP contribution in [0.4, 0.5) is 5.82 Å². The molecule has 0 spiro atoms. The molecule has 0 aliphatic heterocycles. The normalized spacial score (nSPS) is 9.57. The minimum absolute atomic E-state index is 0.211. The number of nitrogens with two attached hydrogens (primary N) is 1. The predicted octanol–water partition coefficient (Wildman–Crippen LogP) is -0.184. The van der Waals surface area contributed by atoms with Crippen molar-refractivity contribution < 1.29 is 9.59 Å². The number of Topliss-reactive ketones (excluding diaryl/α,β-unsaturated/α-hetero) is 1. The van der Waals surface area contributed by atoms with Gasteiger partial charge in [-0.1, -0.05) is 0 Å². The second-order valence-corrected chi connectivity index (χ2v) is 2.99. The van der Waals surface area contributed by atoms with Crippen molar-refractivity contribution in [3.8, 4) is 0 Å². The van der Waals surface area contributed by atoms with E-state index in [2.05, 4.69) is 4.98 Å². The number of amides is 1. The second-order valence-electron chi connectivity index (χ2n) is 2.99. The van der Waals surface area contributed by atoms with Crippen LogP contribution in [0, 0.1) is 0 Å². The van der Waals surface area contributed by atoms with Gasteiger partial charge in [-0.25, -0.2) is 4.98 Å². The van der Waals surface area contributed by atoms with E-state index in [1.165, 1.54) is 12.3 Å². The van der Waals surface area contributed by atoms with Gasteiger partial charge in [-0.3, -0.25) is 9.59 Å². The summed E-state index contributed by atoms with van der Waals surface area (Å²) in [4.78, 5) is 27.4. The molecule has 1 aromatic rings. The molecule has 0 saturated heterocycles. The number of rotatable bonds is 3. The number of carbonyl (C=O) groups excluding carboxylic acids is 2. The number of pyridine rings is 1. The standard InChI is InChI=1S/C9H11N3O2/c1-12(2)7-4-3-6(5-11-7)8(13)9(10)14/h3-5H,1-2H3,(H2,10,14). The monoisotopic (exact) mass is 193 g/mol. The smallest absolute Gasteiger partial charge is 0.289 e. The molecule has 0 aromatic carbocycles. The molecule has 2 N–H and O–H groups in total. The fourth-order valence-corrected chi connectivity index (χ4v) is 0.927. The Morgan fingerprint density at radius 2 is 2.00 bits per heavy atom. The van der Waals surface area contributed by atoms with Gasteiger partial charge in [0.2, 0.25) is 0 Å². The average molecular weight is 193 g/mol. The van der Waals surface area contributed by atoms with Crippen molar-refractivity contribution in [1.29, 1.82) is 0 Å². The summed E-state index contributed by atoms with van der Waals surface area (Å²) in [6.07, 6.45) is 1.34. The number of carbonyl (C=O) groups is 2. The highest BCUT2D eigenvalue weighted by molar-refractivity contribution is 6.42. The topological polar surface area (TPSA) is 76.3 Å². The second kappa shape index (κ2) is 3.87. The molecule has 1 aromatic heterocycles. The Morgan fingerprint density at radius 3 is 2.36 bits per heavy atom. The van der Waals surface area contributed by atoms with Crippen molar-refractivity contribution in [2.75, 3.05) is 19.0 Å². The maximum absolute atomic E-state index is 11.1. The van der Waals surface area contributed by atoms with Crippen LogP contribution in [0.3, 0.4) is 0 Å². The molecule has 0 aliphatic rings. The zero-order chi connectivity index (χ0) is 10.7. The predicted molar refractivity (Wildman–Crippen MR) is 52.1 cm³/mol. The number of hydrogen-bond donors (Lipinski definition) is 1. The quantitative estimate of drug-likeness (QED) is 0.533. The van der Waals surface area contributed by atoms with Crippen LogP contribution in [0.1, 0.15) is 10.4 Å². The summed E-state index contributed by atoms with van der Waals surface area (Å²) in [6.45, 7) is 0. The van der Waals surface area contributed by atoms with E-state index in [1.807, 2.05) is 14.1 Å². The Kier molecular flexibility index (Phi) is 2.81. The van der Waals surface area contributed by atoms with Gasteiger partial charge >= 0.3 is 0 Å². The van der Waals surface area contributed by atoms with Crippen molar-refractivity contribution in [2.45, 2.75) is 0 Å². The third-order valence-corrected chi connectivity index (χ3v) is 1.69. The first-order valence-electron chi connectivity index (χ1n) is 4.00. The Labute approximate surface area is 81.5 Å². The zero-order valence-electron chi connectivity index (χ0n) is 8.02. The van der Waals surface area contributed by atoms with E-state index in [4.69, 9.17) is 5.73 Å². The average Bonchev–Trinajstić information content (AvgIpc) is 2.16. The van der Waals surface area contributed by atoms with Crippen LogP contribution in [-0.4, -0.2) is 30.8 Å². The Morgan fingerprint density at radius 1 is 1.36 bits per heavy atom. The molecule has 5 heteroatoms. The molecule has 0 saturated carbocycles. The molecule has 74 valence electrons. The molecular formula is C9H11N3O2. The number of anilines is 1. The SMILES string of the molecule is CN(C)c1ccc(C(=O)C(N)=O)cn1. The number of aromatic nitrogens is 1. The van der Waals surface area contributed by atoms with E-state index in [1.54, 1.807) is 11.0 Å². The fourth-order valence-electron chi connectivity index (χ4n) is 0.927. The highest BCUT2D eigenvalue weighted by Crippen LogP contribution is 2.07. The molecule has 1 heterocycles. The van der Waals surface area contributed by atoms with Crippen molar-refractivity contribution in [3.63, 3.8) is 0 Å². The van der Waals surface area contributed by atoms with Crippen molar-refractivity contribution in [1.82, 2.24) is 4.98 Å². The third kappa shape index (κ3) is 2.07. The molecule has 1 rings (SSSR count). The van der Waals surface area contributed by atoms with E-state index < -0.39 is 11.7 Å². The molecule has 0 bridgehead atoms. The first kappa shape index (κ1) is 10.2. The van der Waals surface area contributed by atoms with Gasteiger partial charge in [0.1, 0.15) is 5.82 Å². The lowest BCUT2D eigenvalue weighted by atomic mass is 10.2. The van der Waals surface area contributed by atoms with Gasteiger partial charge in [0.25, 0.3) is 11.7 Å². The van der Waals surface area contributed by atoms with Gasteiger partial charge in [0.05, 0.1) is 0 Å². The molecule has 0 atom stereocenters. The van der Waals surface area contributed by atoms with Crippen molar-refractivity contribution in [2.24, 2.45) is 5.73 Å². The maximum Gasteiger partial charge on any atom is 0.289 e. The molecule has 0 aliphatic carbocycles. The van der Waals surface area contributed by atoms with Crippen LogP contribution in [0.25, 0.3) is 0 Å². The zero-order valence-corrected chi connectivity index (χ0v) is 8.02. The third-order valence-electron chi connectivity index (χ3n) is 1.69. The first-order chi connectivity index (χ1) is 6.52. The summed E-state index contributed by atoms with van der Waals surface area (Å²) in [5.74, 6) is -0.974. The van der Waals surface area contributed by atoms with E-state index in [0.29, 0.717) is 5.82 Å². The highest BCUT2D eigenvalue weighted by Gasteiger charge is 2.12. The summed E-state index contributed by atoms with van der Waals surface area (Å²) in [7, 11) is 3.66. The molecule has 0 fully saturated rings. The molecular weight excluding hydrogens is 182 g/mol. The van der Waals surface area contributed by atoms with Crippen LogP contribution in [0.2, 0.25) is 0 Å². The van der Waals surface area contributed by atoms with Gasteiger partial charge in [-0.15, -0.1) is 0 Å². The van der Waals surface area contributed by atoms with Crippen LogP contribution in [0.5, 0.6) is 0 Å². The Hall–Kier alpha value is -1.91. The fraction of sp³-hybridized carbons (Fsp3) is 0.222. The highest BCUT2D eigenvalue weighted by atomic mass is 16.2. The van der Waals surface area contributed by atoms with Crippen molar-refractivity contribution >= 4 is 17.5 Å². The number of primary amides is 1. The summed E-state index contributed by atoms with van der Waals surface area (Å²) < 4.78 is 0.